The van der Waals surface area contributed by atoms with Crippen LogP contribution in [0, 0.1) is 0 Å². The van der Waals surface area contributed by atoms with Crippen LogP contribution in [0.4, 0.5) is 11.4 Å². The Labute approximate surface area is 172 Å². The van der Waals surface area contributed by atoms with E-state index in [-0.39, 0.29) is 11.8 Å². The highest BCUT2D eigenvalue weighted by atomic mass is 16.5. The van der Waals surface area contributed by atoms with Crippen LogP contribution in [0.25, 0.3) is 0 Å². The van der Waals surface area contributed by atoms with Gasteiger partial charge in [-0.25, -0.2) is 0 Å². The summed E-state index contributed by atoms with van der Waals surface area (Å²) in [6.07, 6.45) is 3.55. The van der Waals surface area contributed by atoms with Gasteiger partial charge in [0.15, 0.2) is 6.54 Å². The summed E-state index contributed by atoms with van der Waals surface area (Å²) >= 11 is 0. The Morgan fingerprint density at radius 3 is 2.55 bits per heavy atom. The van der Waals surface area contributed by atoms with Crippen LogP contribution in [-0.2, 0) is 4.79 Å². The van der Waals surface area contributed by atoms with Crippen LogP contribution >= 0.6 is 0 Å². The van der Waals surface area contributed by atoms with Gasteiger partial charge in [0.2, 0.25) is 0 Å². The molecule has 6 nitrogen and oxygen atoms in total. The van der Waals surface area contributed by atoms with Crippen molar-refractivity contribution in [3.05, 3.63) is 54.1 Å². The second-order valence-electron chi connectivity index (χ2n) is 7.49. The number of rotatable bonds is 7. The molecule has 0 spiro atoms. The topological polar surface area (TPSA) is 71.9 Å². The van der Waals surface area contributed by atoms with Crippen LogP contribution < -0.4 is 20.3 Å². The van der Waals surface area contributed by atoms with Crippen LogP contribution in [0.15, 0.2) is 48.5 Å². The van der Waals surface area contributed by atoms with Gasteiger partial charge in [0.25, 0.3) is 11.8 Å². The Morgan fingerprint density at radius 1 is 1.07 bits per heavy atom. The summed E-state index contributed by atoms with van der Waals surface area (Å²) < 4.78 is 5.42. The number of piperidine rings is 1. The van der Waals surface area contributed by atoms with Crippen molar-refractivity contribution >= 4 is 23.2 Å². The number of amides is 2. The summed E-state index contributed by atoms with van der Waals surface area (Å²) in [6.45, 7) is 6.16. The molecule has 154 valence electrons. The van der Waals surface area contributed by atoms with Crippen molar-refractivity contribution in [2.24, 2.45) is 0 Å². The third kappa shape index (κ3) is 5.81. The number of benzene rings is 2. The Morgan fingerprint density at radius 2 is 1.83 bits per heavy atom. The maximum Gasteiger partial charge on any atom is 0.279 e. The van der Waals surface area contributed by atoms with Crippen LogP contribution in [0.2, 0.25) is 0 Å². The maximum absolute atomic E-state index is 12.8. The van der Waals surface area contributed by atoms with Crippen molar-refractivity contribution in [3.8, 4) is 5.75 Å². The zero-order chi connectivity index (χ0) is 20.6. The van der Waals surface area contributed by atoms with Gasteiger partial charge in [-0.3, -0.25) is 9.59 Å². The highest BCUT2D eigenvalue weighted by molar-refractivity contribution is 6.10. The molecule has 2 aromatic carbocycles. The van der Waals surface area contributed by atoms with E-state index in [9.17, 15) is 9.59 Å². The maximum atomic E-state index is 12.8. The van der Waals surface area contributed by atoms with Gasteiger partial charge in [0.1, 0.15) is 5.75 Å². The molecule has 2 atom stereocenters. The number of ether oxygens (including phenoxy) is 1. The molecule has 1 heterocycles. The normalized spacial score (nSPS) is 18.7. The van der Waals surface area contributed by atoms with Gasteiger partial charge < -0.3 is 20.3 Å². The fourth-order valence-corrected chi connectivity index (χ4v) is 3.71. The molecule has 6 heteroatoms. The first-order valence-electron chi connectivity index (χ1n) is 10.3. The first kappa shape index (κ1) is 20.9. The third-order valence-electron chi connectivity index (χ3n) is 5.34. The highest BCUT2D eigenvalue weighted by Crippen LogP contribution is 2.19. The second kappa shape index (κ2) is 10.1. The summed E-state index contributed by atoms with van der Waals surface area (Å²) in [5.41, 5.74) is 1.65. The van der Waals surface area contributed by atoms with E-state index < -0.39 is 0 Å². The minimum Gasteiger partial charge on any atom is -0.494 e. The average molecular weight is 397 g/mol. The predicted octanol–water partition coefficient (Wildman–Crippen LogP) is 2.73. The minimum absolute atomic E-state index is 0.0601. The quantitative estimate of drug-likeness (QED) is 0.674. The smallest absolute Gasteiger partial charge is 0.279 e. The SMILES string of the molecule is CCOc1ccc(NC(=O)c2ccccc2NC(=O)C[NH+]2CCCC[C@H]2C)cc1. The van der Waals surface area contributed by atoms with Gasteiger partial charge in [-0.1, -0.05) is 12.1 Å². The first-order chi connectivity index (χ1) is 14.1. The van der Waals surface area contributed by atoms with Gasteiger partial charge in [-0.05, 0) is 69.5 Å². The van der Waals surface area contributed by atoms with Crippen molar-refractivity contribution in [2.45, 2.75) is 39.2 Å². The molecular formula is C23H30N3O3+. The molecule has 1 aliphatic rings. The molecular weight excluding hydrogens is 366 g/mol. The third-order valence-corrected chi connectivity index (χ3v) is 5.34. The van der Waals surface area contributed by atoms with E-state index in [4.69, 9.17) is 4.74 Å². The number of quaternary nitrogens is 1. The lowest BCUT2D eigenvalue weighted by Crippen LogP contribution is -3.17. The lowest BCUT2D eigenvalue weighted by atomic mass is 10.0. The number of anilines is 2. The first-order valence-corrected chi connectivity index (χ1v) is 10.3. The molecule has 0 bridgehead atoms. The Bertz CT molecular complexity index is 836. The molecule has 3 rings (SSSR count). The summed E-state index contributed by atoms with van der Waals surface area (Å²) in [7, 11) is 0. The molecule has 1 saturated heterocycles. The molecule has 1 unspecified atom stereocenters. The number of para-hydroxylation sites is 1. The average Bonchev–Trinajstić information content (AvgIpc) is 2.72. The Balaban J connectivity index is 1.64. The van der Waals surface area contributed by atoms with E-state index >= 15 is 0 Å². The number of nitrogens with one attached hydrogen (secondary N) is 3. The number of hydrogen-bond acceptors (Lipinski definition) is 3. The van der Waals surface area contributed by atoms with Crippen molar-refractivity contribution in [3.63, 3.8) is 0 Å². The standard InChI is InChI=1S/C23H29N3O3/c1-3-29-19-13-11-18(12-14-19)24-23(28)20-9-4-5-10-21(20)25-22(27)16-26-15-7-6-8-17(26)2/h4-5,9-14,17H,3,6-8,15-16H2,1-2H3,(H,24,28)(H,25,27)/p+1/t17-/m1/s1. The molecule has 2 amide bonds. The highest BCUT2D eigenvalue weighted by Gasteiger charge is 2.24. The molecule has 0 saturated carbocycles. The molecule has 1 aliphatic heterocycles. The van der Waals surface area contributed by atoms with Crippen molar-refractivity contribution < 1.29 is 19.2 Å². The monoisotopic (exact) mass is 396 g/mol. The zero-order valence-corrected chi connectivity index (χ0v) is 17.2. The summed E-state index contributed by atoms with van der Waals surface area (Å²) in [5, 5.41) is 5.81. The summed E-state index contributed by atoms with van der Waals surface area (Å²) in [5.74, 6) is 0.436. The van der Waals surface area contributed by atoms with Crippen molar-refractivity contribution in [1.82, 2.24) is 0 Å². The van der Waals surface area contributed by atoms with Crippen molar-refractivity contribution in [2.75, 3.05) is 30.3 Å². The number of likely N-dealkylation sites (tertiary alicyclic amines) is 1. The van der Waals surface area contributed by atoms with E-state index in [1.807, 2.05) is 25.1 Å². The molecule has 29 heavy (non-hydrogen) atoms. The molecule has 1 fully saturated rings. The summed E-state index contributed by atoms with van der Waals surface area (Å²) in [4.78, 5) is 26.7. The van der Waals surface area contributed by atoms with E-state index in [1.165, 1.54) is 11.3 Å². The number of hydrogen-bond donors (Lipinski definition) is 3. The van der Waals surface area contributed by atoms with E-state index in [1.54, 1.807) is 30.3 Å². The van der Waals surface area contributed by atoms with Crippen molar-refractivity contribution in [1.29, 1.82) is 0 Å². The van der Waals surface area contributed by atoms with Gasteiger partial charge in [-0.2, -0.15) is 0 Å². The van der Waals surface area contributed by atoms with E-state index in [0.717, 1.165) is 25.1 Å². The predicted molar refractivity (Wildman–Crippen MR) is 115 cm³/mol. The lowest BCUT2D eigenvalue weighted by Gasteiger charge is -2.29. The van der Waals surface area contributed by atoms with Crippen LogP contribution in [-0.4, -0.2) is 37.6 Å². The van der Waals surface area contributed by atoms with Crippen LogP contribution in [0.3, 0.4) is 0 Å². The molecule has 0 aliphatic carbocycles. The lowest BCUT2D eigenvalue weighted by molar-refractivity contribution is -0.920. The fourth-order valence-electron chi connectivity index (χ4n) is 3.71. The molecule has 3 N–H and O–H groups in total. The number of carbonyl (C=O) groups excluding carboxylic acids is 2. The molecule has 0 aromatic heterocycles. The van der Waals surface area contributed by atoms with Gasteiger partial charge in [0.05, 0.1) is 30.4 Å². The minimum atomic E-state index is -0.260. The Hall–Kier alpha value is -2.86. The van der Waals surface area contributed by atoms with E-state index in [2.05, 4.69) is 17.6 Å². The van der Waals surface area contributed by atoms with Crippen LogP contribution in [0.1, 0.15) is 43.5 Å². The molecule has 0 radical (unpaired) electrons. The second-order valence-corrected chi connectivity index (χ2v) is 7.49. The van der Waals surface area contributed by atoms with E-state index in [0.29, 0.717) is 36.1 Å². The van der Waals surface area contributed by atoms with Gasteiger partial charge >= 0.3 is 0 Å². The number of carbonyl (C=O) groups is 2. The van der Waals surface area contributed by atoms with Gasteiger partial charge in [-0.15, -0.1) is 0 Å². The Kier molecular flexibility index (Phi) is 7.25. The molecule has 2 aromatic rings. The zero-order valence-electron chi connectivity index (χ0n) is 17.2. The largest absolute Gasteiger partial charge is 0.494 e. The van der Waals surface area contributed by atoms with Gasteiger partial charge in [0, 0.05) is 5.69 Å². The van der Waals surface area contributed by atoms with Crippen LogP contribution in [0.5, 0.6) is 5.75 Å². The fraction of sp³-hybridized carbons (Fsp3) is 0.391. The summed E-state index contributed by atoms with van der Waals surface area (Å²) in [6, 6.07) is 14.8.